The van der Waals surface area contributed by atoms with Gasteiger partial charge in [0, 0.05) is 17.9 Å². The van der Waals surface area contributed by atoms with Crippen LogP contribution in [0.5, 0.6) is 0 Å². The van der Waals surface area contributed by atoms with Gasteiger partial charge in [-0.25, -0.2) is 4.98 Å². The van der Waals surface area contributed by atoms with E-state index in [1.807, 2.05) is 31.2 Å². The summed E-state index contributed by atoms with van der Waals surface area (Å²) in [7, 11) is 0. The highest BCUT2D eigenvalue weighted by Crippen LogP contribution is 2.24. The quantitative estimate of drug-likeness (QED) is 0.833. The molecule has 1 heterocycles. The summed E-state index contributed by atoms with van der Waals surface area (Å²) in [5, 5.41) is 9.67. The van der Waals surface area contributed by atoms with Crippen molar-refractivity contribution < 1.29 is 4.79 Å². The van der Waals surface area contributed by atoms with Gasteiger partial charge in [0.25, 0.3) is 0 Å². The molecular weight excluding hydrogens is 252 g/mol. The lowest BCUT2D eigenvalue weighted by Crippen LogP contribution is -2.12. The summed E-state index contributed by atoms with van der Waals surface area (Å²) in [5.41, 5.74) is 1.47. The zero-order chi connectivity index (χ0) is 13.0. The molecule has 94 valence electrons. The van der Waals surface area contributed by atoms with E-state index in [2.05, 4.69) is 20.5 Å². The standard InChI is InChI=1S/C12H13ClN4O/c1-8-14-12(17-16-8)9-4-2-3-5-10(9)15-11(18)6-7-13/h2-5H,6-7H2,1H3,(H,15,18)(H,14,16,17). The summed E-state index contributed by atoms with van der Waals surface area (Å²) >= 11 is 5.53. The highest BCUT2D eigenvalue weighted by Gasteiger charge is 2.11. The molecule has 1 aromatic carbocycles. The first-order valence-electron chi connectivity index (χ1n) is 5.55. The Morgan fingerprint density at radius 1 is 1.44 bits per heavy atom. The summed E-state index contributed by atoms with van der Waals surface area (Å²) < 4.78 is 0. The zero-order valence-electron chi connectivity index (χ0n) is 9.90. The van der Waals surface area contributed by atoms with Crippen LogP contribution in [-0.4, -0.2) is 27.0 Å². The first kappa shape index (κ1) is 12.6. The van der Waals surface area contributed by atoms with Crippen molar-refractivity contribution in [2.75, 3.05) is 11.2 Å². The number of para-hydroxylation sites is 1. The van der Waals surface area contributed by atoms with Crippen LogP contribution >= 0.6 is 11.6 Å². The molecule has 0 aliphatic heterocycles. The Morgan fingerprint density at radius 3 is 2.89 bits per heavy atom. The summed E-state index contributed by atoms with van der Waals surface area (Å²) in [4.78, 5) is 15.8. The number of hydrogen-bond acceptors (Lipinski definition) is 3. The largest absolute Gasteiger partial charge is 0.325 e. The van der Waals surface area contributed by atoms with Crippen molar-refractivity contribution in [3.8, 4) is 11.4 Å². The number of H-pyrrole nitrogens is 1. The van der Waals surface area contributed by atoms with Gasteiger partial charge in [0.2, 0.25) is 5.91 Å². The van der Waals surface area contributed by atoms with E-state index < -0.39 is 0 Å². The summed E-state index contributed by atoms with van der Waals surface area (Å²) in [6, 6.07) is 7.39. The number of aromatic nitrogens is 3. The van der Waals surface area contributed by atoms with Crippen LogP contribution in [0.2, 0.25) is 0 Å². The number of amides is 1. The molecular formula is C12H13ClN4O. The van der Waals surface area contributed by atoms with Crippen molar-refractivity contribution in [1.82, 2.24) is 15.2 Å². The lowest BCUT2D eigenvalue weighted by atomic mass is 10.1. The Bertz CT molecular complexity index is 553. The van der Waals surface area contributed by atoms with E-state index in [1.54, 1.807) is 0 Å². The molecule has 0 spiro atoms. The molecule has 5 nitrogen and oxygen atoms in total. The smallest absolute Gasteiger partial charge is 0.225 e. The molecule has 2 N–H and O–H groups in total. The molecule has 0 aliphatic rings. The molecule has 1 aromatic heterocycles. The molecule has 0 aliphatic carbocycles. The lowest BCUT2D eigenvalue weighted by Gasteiger charge is -2.07. The minimum Gasteiger partial charge on any atom is -0.325 e. The van der Waals surface area contributed by atoms with Gasteiger partial charge in [0.05, 0.1) is 5.69 Å². The molecule has 0 saturated carbocycles. The molecule has 0 saturated heterocycles. The fourth-order valence-electron chi connectivity index (χ4n) is 1.55. The second-order valence-electron chi connectivity index (χ2n) is 3.78. The van der Waals surface area contributed by atoms with Crippen LogP contribution in [0, 0.1) is 6.92 Å². The van der Waals surface area contributed by atoms with E-state index in [4.69, 9.17) is 11.6 Å². The third-order valence-corrected chi connectivity index (χ3v) is 2.55. The van der Waals surface area contributed by atoms with Crippen LogP contribution in [0.3, 0.4) is 0 Å². The number of aromatic amines is 1. The maximum atomic E-state index is 11.6. The predicted molar refractivity (Wildman–Crippen MR) is 70.5 cm³/mol. The number of aryl methyl sites for hydroxylation is 1. The van der Waals surface area contributed by atoms with Gasteiger partial charge in [-0.1, -0.05) is 12.1 Å². The topological polar surface area (TPSA) is 70.7 Å². The third-order valence-electron chi connectivity index (χ3n) is 2.36. The Kier molecular flexibility index (Phi) is 3.94. The second-order valence-corrected chi connectivity index (χ2v) is 4.16. The fraction of sp³-hybridized carbons (Fsp3) is 0.250. The molecule has 0 radical (unpaired) electrons. The predicted octanol–water partition coefficient (Wildman–Crippen LogP) is 2.35. The number of nitrogens with one attached hydrogen (secondary N) is 2. The van der Waals surface area contributed by atoms with Crippen LogP contribution in [0.4, 0.5) is 5.69 Å². The van der Waals surface area contributed by atoms with Gasteiger partial charge in [-0.05, 0) is 19.1 Å². The number of carbonyl (C=O) groups is 1. The van der Waals surface area contributed by atoms with E-state index in [9.17, 15) is 4.79 Å². The Balaban J connectivity index is 2.28. The fourth-order valence-corrected chi connectivity index (χ4v) is 1.72. The van der Waals surface area contributed by atoms with Crippen molar-refractivity contribution in [3.63, 3.8) is 0 Å². The maximum absolute atomic E-state index is 11.6. The number of benzene rings is 1. The minimum absolute atomic E-state index is 0.121. The van der Waals surface area contributed by atoms with Crippen molar-refractivity contribution in [2.24, 2.45) is 0 Å². The van der Waals surface area contributed by atoms with Crippen LogP contribution < -0.4 is 5.32 Å². The Labute approximate surface area is 110 Å². The molecule has 2 rings (SSSR count). The molecule has 0 atom stereocenters. The van der Waals surface area contributed by atoms with E-state index in [0.717, 1.165) is 11.4 Å². The van der Waals surface area contributed by atoms with Gasteiger partial charge in [-0.3, -0.25) is 9.89 Å². The minimum atomic E-state index is -0.121. The van der Waals surface area contributed by atoms with Crippen LogP contribution in [-0.2, 0) is 4.79 Å². The number of alkyl halides is 1. The van der Waals surface area contributed by atoms with Gasteiger partial charge >= 0.3 is 0 Å². The molecule has 0 fully saturated rings. The van der Waals surface area contributed by atoms with E-state index in [-0.39, 0.29) is 12.3 Å². The van der Waals surface area contributed by atoms with Crippen molar-refractivity contribution in [2.45, 2.75) is 13.3 Å². The average molecular weight is 265 g/mol. The van der Waals surface area contributed by atoms with Crippen LogP contribution in [0.25, 0.3) is 11.4 Å². The first-order chi connectivity index (χ1) is 8.70. The number of halogens is 1. The Morgan fingerprint density at radius 2 is 2.22 bits per heavy atom. The normalized spacial score (nSPS) is 10.3. The Hall–Kier alpha value is -1.88. The number of carbonyl (C=O) groups excluding carboxylic acids is 1. The van der Waals surface area contributed by atoms with Gasteiger partial charge in [0.15, 0.2) is 5.82 Å². The van der Waals surface area contributed by atoms with Gasteiger partial charge < -0.3 is 5.32 Å². The number of anilines is 1. The number of hydrogen-bond donors (Lipinski definition) is 2. The maximum Gasteiger partial charge on any atom is 0.225 e. The van der Waals surface area contributed by atoms with E-state index >= 15 is 0 Å². The van der Waals surface area contributed by atoms with Crippen molar-refractivity contribution in [1.29, 1.82) is 0 Å². The molecule has 0 bridgehead atoms. The van der Waals surface area contributed by atoms with E-state index in [0.29, 0.717) is 17.4 Å². The van der Waals surface area contributed by atoms with Crippen LogP contribution in [0.15, 0.2) is 24.3 Å². The van der Waals surface area contributed by atoms with Crippen LogP contribution in [0.1, 0.15) is 12.2 Å². The highest BCUT2D eigenvalue weighted by atomic mass is 35.5. The second kappa shape index (κ2) is 5.64. The zero-order valence-corrected chi connectivity index (χ0v) is 10.7. The summed E-state index contributed by atoms with van der Waals surface area (Å²) in [6.07, 6.45) is 0.281. The average Bonchev–Trinajstić information content (AvgIpc) is 2.77. The SMILES string of the molecule is Cc1nc(-c2ccccc2NC(=O)CCCl)n[nH]1. The monoisotopic (exact) mass is 264 g/mol. The van der Waals surface area contributed by atoms with Crippen molar-refractivity contribution >= 4 is 23.2 Å². The molecule has 1 amide bonds. The summed E-state index contributed by atoms with van der Waals surface area (Å²) in [6.45, 7) is 1.82. The van der Waals surface area contributed by atoms with Gasteiger partial charge in [-0.15, -0.1) is 11.6 Å². The number of rotatable bonds is 4. The summed E-state index contributed by atoms with van der Waals surface area (Å²) in [5.74, 6) is 1.47. The number of nitrogens with zero attached hydrogens (tertiary/aromatic N) is 2. The van der Waals surface area contributed by atoms with Gasteiger partial charge in [0.1, 0.15) is 5.82 Å². The van der Waals surface area contributed by atoms with E-state index in [1.165, 1.54) is 0 Å². The highest BCUT2D eigenvalue weighted by molar-refractivity contribution is 6.19. The lowest BCUT2D eigenvalue weighted by molar-refractivity contribution is -0.115. The molecule has 18 heavy (non-hydrogen) atoms. The first-order valence-corrected chi connectivity index (χ1v) is 6.08. The molecule has 2 aromatic rings. The van der Waals surface area contributed by atoms with Crippen molar-refractivity contribution in [3.05, 3.63) is 30.1 Å². The van der Waals surface area contributed by atoms with Gasteiger partial charge in [-0.2, -0.15) is 5.10 Å². The molecule has 6 heteroatoms. The third kappa shape index (κ3) is 2.87. The molecule has 0 unspecified atom stereocenters.